The summed E-state index contributed by atoms with van der Waals surface area (Å²) in [4.78, 5) is 28.7. The standard InChI is InChI=1S/C35H52FN7O6S/c1-24(2)43(25(3)4)34(44)30-16-26(36)6-9-31(30)49-32-17-37-23-38-33(32)41-21-35(22-41)11-14-40(15-12-35)18-29-8-7-27(20-48-29)39-50(45,46)42-13-10-28(19-42)47-5/h6,9,16-17,23-25,27-29,39H,7-8,10-15,18-22H2,1-5H3/t27-,28-,29+/m1/s1. The topological polar surface area (TPSA) is 130 Å². The van der Waals surface area contributed by atoms with Gasteiger partial charge in [0.2, 0.25) is 0 Å². The molecule has 3 atom stereocenters. The number of amides is 1. The number of carbonyl (C=O) groups is 1. The molecule has 13 nitrogen and oxygen atoms in total. The molecule has 4 aliphatic heterocycles. The van der Waals surface area contributed by atoms with Gasteiger partial charge in [0.25, 0.3) is 16.1 Å². The number of hydrogen-bond donors (Lipinski definition) is 1. The summed E-state index contributed by atoms with van der Waals surface area (Å²) in [6.07, 6.45) is 7.51. The van der Waals surface area contributed by atoms with Crippen LogP contribution in [0.1, 0.15) is 70.2 Å². The number of halogens is 1. The van der Waals surface area contributed by atoms with Crippen LogP contribution in [0.4, 0.5) is 10.2 Å². The van der Waals surface area contributed by atoms with Gasteiger partial charge in [-0.3, -0.25) is 4.79 Å². The Hall–Kier alpha value is -2.95. The first kappa shape index (κ1) is 36.8. The molecule has 1 spiro atoms. The minimum atomic E-state index is -3.55. The third-order valence-corrected chi connectivity index (χ3v) is 12.2. The molecule has 0 bridgehead atoms. The lowest BCUT2D eigenvalue weighted by atomic mass is 9.72. The molecule has 2 aromatic rings. The number of carbonyl (C=O) groups excluding carboxylic acids is 1. The van der Waals surface area contributed by atoms with Crippen LogP contribution in [0.3, 0.4) is 0 Å². The second-order valence-electron chi connectivity index (χ2n) is 14.9. The molecule has 4 aliphatic rings. The molecule has 5 heterocycles. The largest absolute Gasteiger partial charge is 0.451 e. The van der Waals surface area contributed by atoms with Gasteiger partial charge in [0, 0.05) is 63.4 Å². The van der Waals surface area contributed by atoms with Gasteiger partial charge in [-0.25, -0.2) is 14.4 Å². The molecule has 50 heavy (non-hydrogen) atoms. The van der Waals surface area contributed by atoms with E-state index in [0.717, 1.165) is 58.4 Å². The first-order valence-corrected chi connectivity index (χ1v) is 19.3. The van der Waals surface area contributed by atoms with Crippen LogP contribution in [-0.2, 0) is 19.7 Å². The number of ether oxygens (including phenoxy) is 3. The van der Waals surface area contributed by atoms with E-state index in [-0.39, 0.29) is 53.0 Å². The van der Waals surface area contributed by atoms with E-state index in [1.54, 1.807) is 18.2 Å². The molecule has 0 saturated carbocycles. The number of methoxy groups -OCH3 is 1. The Morgan fingerprint density at radius 1 is 1.10 bits per heavy atom. The van der Waals surface area contributed by atoms with Gasteiger partial charge in [0.05, 0.1) is 30.6 Å². The Balaban J connectivity index is 0.992. The van der Waals surface area contributed by atoms with Crippen molar-refractivity contribution >= 4 is 21.9 Å². The highest BCUT2D eigenvalue weighted by Gasteiger charge is 2.46. The van der Waals surface area contributed by atoms with Gasteiger partial charge >= 0.3 is 0 Å². The maximum Gasteiger partial charge on any atom is 0.279 e. The minimum absolute atomic E-state index is 0.0469. The highest BCUT2D eigenvalue weighted by molar-refractivity contribution is 7.87. The number of piperidine rings is 1. The molecule has 4 fully saturated rings. The number of likely N-dealkylation sites (tertiary alicyclic amines) is 1. The highest BCUT2D eigenvalue weighted by atomic mass is 32.2. The molecule has 4 saturated heterocycles. The summed E-state index contributed by atoms with van der Waals surface area (Å²) in [6.45, 7) is 13.4. The van der Waals surface area contributed by atoms with Gasteiger partial charge in [-0.2, -0.15) is 17.4 Å². The van der Waals surface area contributed by atoms with E-state index in [4.69, 9.17) is 14.2 Å². The second-order valence-corrected chi connectivity index (χ2v) is 16.6. The monoisotopic (exact) mass is 717 g/mol. The van der Waals surface area contributed by atoms with Crippen molar-refractivity contribution in [1.29, 1.82) is 0 Å². The van der Waals surface area contributed by atoms with Crippen molar-refractivity contribution in [2.75, 3.05) is 64.4 Å². The number of nitrogens with one attached hydrogen (secondary N) is 1. The fraction of sp³-hybridized carbons (Fsp3) is 0.686. The van der Waals surface area contributed by atoms with Crippen LogP contribution >= 0.6 is 0 Å². The molecule has 1 N–H and O–H groups in total. The van der Waals surface area contributed by atoms with Crippen LogP contribution in [0.5, 0.6) is 11.5 Å². The van der Waals surface area contributed by atoms with Crippen molar-refractivity contribution in [1.82, 2.24) is 28.8 Å². The van der Waals surface area contributed by atoms with Crippen molar-refractivity contribution in [2.24, 2.45) is 5.41 Å². The van der Waals surface area contributed by atoms with Crippen LogP contribution < -0.4 is 14.4 Å². The predicted molar refractivity (Wildman–Crippen MR) is 187 cm³/mol. The average Bonchev–Trinajstić information content (AvgIpc) is 3.57. The quantitative estimate of drug-likeness (QED) is 0.347. The Kier molecular flexibility index (Phi) is 11.3. The van der Waals surface area contributed by atoms with Crippen molar-refractivity contribution in [3.8, 4) is 11.5 Å². The number of hydrogen-bond acceptors (Lipinski definition) is 10. The first-order valence-electron chi connectivity index (χ1n) is 17.9. The van der Waals surface area contributed by atoms with E-state index in [9.17, 15) is 17.6 Å². The number of benzene rings is 1. The maximum absolute atomic E-state index is 14.4. The molecule has 0 unspecified atom stereocenters. The molecular weight excluding hydrogens is 665 g/mol. The van der Waals surface area contributed by atoms with Crippen LogP contribution in [0.15, 0.2) is 30.7 Å². The van der Waals surface area contributed by atoms with Crippen LogP contribution in [0, 0.1) is 11.2 Å². The van der Waals surface area contributed by atoms with Gasteiger partial charge in [-0.05, 0) is 91.1 Å². The van der Waals surface area contributed by atoms with Crippen molar-refractivity contribution < 1.29 is 31.8 Å². The number of aromatic nitrogens is 2. The summed E-state index contributed by atoms with van der Waals surface area (Å²) in [5, 5.41) is 0. The van der Waals surface area contributed by atoms with Crippen LogP contribution in [0.2, 0.25) is 0 Å². The molecule has 1 amide bonds. The lowest BCUT2D eigenvalue weighted by Crippen LogP contribution is -2.61. The van der Waals surface area contributed by atoms with Crippen molar-refractivity contribution in [3.05, 3.63) is 42.1 Å². The van der Waals surface area contributed by atoms with E-state index in [1.807, 2.05) is 27.7 Å². The Morgan fingerprint density at radius 2 is 1.84 bits per heavy atom. The van der Waals surface area contributed by atoms with Gasteiger partial charge in [0.1, 0.15) is 17.9 Å². The summed E-state index contributed by atoms with van der Waals surface area (Å²) < 4.78 is 62.1. The minimum Gasteiger partial charge on any atom is -0.451 e. The van der Waals surface area contributed by atoms with E-state index >= 15 is 0 Å². The van der Waals surface area contributed by atoms with Crippen molar-refractivity contribution in [3.63, 3.8) is 0 Å². The number of nitrogens with zero attached hydrogens (tertiary/aromatic N) is 6. The van der Waals surface area contributed by atoms with Crippen LogP contribution in [-0.4, -0.2) is 128 Å². The van der Waals surface area contributed by atoms with E-state index in [1.165, 1.54) is 28.8 Å². The highest BCUT2D eigenvalue weighted by Crippen LogP contribution is 2.45. The molecule has 1 aromatic heterocycles. The zero-order valence-electron chi connectivity index (χ0n) is 29.9. The third kappa shape index (κ3) is 8.23. The Bertz CT molecular complexity index is 1580. The van der Waals surface area contributed by atoms with Crippen LogP contribution in [0.25, 0.3) is 0 Å². The summed E-state index contributed by atoms with van der Waals surface area (Å²) in [6, 6.07) is 3.66. The summed E-state index contributed by atoms with van der Waals surface area (Å²) in [5.41, 5.74) is 0.343. The van der Waals surface area contributed by atoms with E-state index in [0.29, 0.717) is 37.7 Å². The maximum atomic E-state index is 14.4. The smallest absolute Gasteiger partial charge is 0.279 e. The molecule has 0 aliphatic carbocycles. The van der Waals surface area contributed by atoms with Gasteiger partial charge in [-0.1, -0.05) is 0 Å². The number of anilines is 1. The lowest BCUT2D eigenvalue weighted by molar-refractivity contribution is -0.0301. The SMILES string of the molecule is CO[C@@H]1CCN(S(=O)(=O)N[C@@H]2CC[C@@H](CN3CCC4(CC3)CN(c3ncncc3Oc3ccc(F)cc3C(=O)N(C(C)C)C(C)C)C4)OC2)C1. The number of rotatable bonds is 12. The molecule has 1 aromatic carbocycles. The molecule has 276 valence electrons. The van der Waals surface area contributed by atoms with Crippen molar-refractivity contribution in [2.45, 2.75) is 90.1 Å². The lowest BCUT2D eigenvalue weighted by Gasteiger charge is -2.54. The fourth-order valence-corrected chi connectivity index (χ4v) is 9.33. The van der Waals surface area contributed by atoms with Gasteiger partial charge in [-0.15, -0.1) is 0 Å². The van der Waals surface area contributed by atoms with E-state index in [2.05, 4.69) is 24.5 Å². The molecule has 6 rings (SSSR count). The average molecular weight is 718 g/mol. The summed E-state index contributed by atoms with van der Waals surface area (Å²) >= 11 is 0. The van der Waals surface area contributed by atoms with Gasteiger partial charge in [0.15, 0.2) is 11.6 Å². The first-order chi connectivity index (χ1) is 23.9. The zero-order chi connectivity index (χ0) is 35.6. The Morgan fingerprint density at radius 3 is 2.48 bits per heavy atom. The molecular formula is C35H52FN7O6S. The zero-order valence-corrected chi connectivity index (χ0v) is 30.7. The molecule has 15 heteroatoms. The third-order valence-electron chi connectivity index (χ3n) is 10.6. The Labute approximate surface area is 295 Å². The summed E-state index contributed by atoms with van der Waals surface area (Å²) in [5.74, 6) is 0.552. The van der Waals surface area contributed by atoms with E-state index < -0.39 is 16.0 Å². The fourth-order valence-electron chi connectivity index (χ4n) is 7.86. The summed E-state index contributed by atoms with van der Waals surface area (Å²) in [7, 11) is -1.94. The predicted octanol–water partition coefficient (Wildman–Crippen LogP) is 3.67. The molecule has 0 radical (unpaired) electrons. The van der Waals surface area contributed by atoms with Gasteiger partial charge < -0.3 is 28.9 Å². The normalized spacial score (nSPS) is 24.6. The second kappa shape index (κ2) is 15.3.